The molecule has 0 aromatic rings. The molecule has 1 heterocycles. The van der Waals surface area contributed by atoms with Gasteiger partial charge in [0.25, 0.3) is 0 Å². The van der Waals surface area contributed by atoms with Crippen LogP contribution in [0.5, 0.6) is 0 Å². The van der Waals surface area contributed by atoms with Crippen molar-refractivity contribution in [3.05, 3.63) is 0 Å². The highest BCUT2D eigenvalue weighted by Gasteiger charge is 2.27. The van der Waals surface area contributed by atoms with Crippen molar-refractivity contribution >= 4 is 39.8 Å². The Balaban J connectivity index is 0.00000180. The molecule has 2 N–H and O–H groups in total. The summed E-state index contributed by atoms with van der Waals surface area (Å²) in [7, 11) is -2.78. The number of aliphatic imine (C=N–C) groups is 1. The maximum Gasteiger partial charge on any atom is 0.191 e. The minimum atomic E-state index is -2.78. The summed E-state index contributed by atoms with van der Waals surface area (Å²) in [4.78, 5) is 4.49. The molecule has 1 aliphatic carbocycles. The van der Waals surface area contributed by atoms with Crippen LogP contribution in [0.2, 0.25) is 0 Å². The molecule has 0 spiro atoms. The Bertz CT molecular complexity index is 407. The van der Waals surface area contributed by atoms with Crippen molar-refractivity contribution in [2.24, 2.45) is 16.8 Å². The second-order valence-corrected chi connectivity index (χ2v) is 7.54. The van der Waals surface area contributed by atoms with Gasteiger partial charge in [-0.3, -0.25) is 4.99 Å². The molecular weight excluding hydrogens is 377 g/mol. The monoisotopic (exact) mass is 401 g/mol. The molecule has 1 saturated heterocycles. The van der Waals surface area contributed by atoms with Gasteiger partial charge >= 0.3 is 0 Å². The fourth-order valence-electron chi connectivity index (χ4n) is 2.14. The molecule has 1 saturated carbocycles. The van der Waals surface area contributed by atoms with Crippen molar-refractivity contribution in [2.45, 2.75) is 26.2 Å². The van der Waals surface area contributed by atoms with E-state index in [-0.39, 0.29) is 29.9 Å². The molecule has 5 nitrogen and oxygen atoms in total. The van der Waals surface area contributed by atoms with Crippen molar-refractivity contribution in [1.82, 2.24) is 10.6 Å². The van der Waals surface area contributed by atoms with E-state index >= 15 is 0 Å². The first kappa shape index (κ1) is 17.0. The van der Waals surface area contributed by atoms with Crippen molar-refractivity contribution in [3.8, 4) is 0 Å². The lowest BCUT2D eigenvalue weighted by atomic mass is 10.1. The van der Waals surface area contributed by atoms with Crippen molar-refractivity contribution in [3.63, 3.8) is 0 Å². The molecule has 1 unspecified atom stereocenters. The first-order valence-corrected chi connectivity index (χ1v) is 8.64. The molecule has 1 atom stereocenters. The Kier molecular flexibility index (Phi) is 6.85. The molecule has 0 radical (unpaired) electrons. The number of hydrogen-bond acceptors (Lipinski definition) is 3. The first-order valence-electron chi connectivity index (χ1n) is 6.81. The van der Waals surface area contributed by atoms with E-state index in [4.69, 9.17) is 0 Å². The predicted octanol–water partition coefficient (Wildman–Crippen LogP) is 1.00. The Morgan fingerprint density at radius 3 is 2.47 bits per heavy atom. The number of rotatable bonds is 5. The molecule has 2 fully saturated rings. The minimum Gasteiger partial charge on any atom is -0.357 e. The summed E-state index contributed by atoms with van der Waals surface area (Å²) in [5.74, 6) is 2.47. The Morgan fingerprint density at radius 1 is 1.21 bits per heavy atom. The third kappa shape index (κ3) is 6.29. The van der Waals surface area contributed by atoms with Gasteiger partial charge in [-0.15, -0.1) is 24.0 Å². The molecular formula is C12H24IN3O2S. The summed E-state index contributed by atoms with van der Waals surface area (Å²) < 4.78 is 22.7. The molecule has 1 aliphatic heterocycles. The van der Waals surface area contributed by atoms with E-state index in [0.29, 0.717) is 18.1 Å². The zero-order valence-corrected chi connectivity index (χ0v) is 14.5. The summed E-state index contributed by atoms with van der Waals surface area (Å²) in [5.41, 5.74) is 0. The summed E-state index contributed by atoms with van der Waals surface area (Å²) in [6.45, 7) is 4.46. The van der Waals surface area contributed by atoms with E-state index in [1.807, 2.05) is 6.92 Å². The number of nitrogens with zero attached hydrogens (tertiary/aromatic N) is 1. The molecule has 0 bridgehead atoms. The second kappa shape index (κ2) is 7.66. The van der Waals surface area contributed by atoms with Crippen LogP contribution in [-0.4, -0.2) is 45.5 Å². The average Bonchev–Trinajstić information content (AvgIpc) is 3.07. The number of nitrogens with one attached hydrogen (secondary N) is 2. The zero-order valence-electron chi connectivity index (χ0n) is 11.4. The topological polar surface area (TPSA) is 70.6 Å². The molecule has 0 amide bonds. The Hall–Kier alpha value is -0.0500. The predicted molar refractivity (Wildman–Crippen MR) is 88.9 cm³/mol. The van der Waals surface area contributed by atoms with E-state index in [2.05, 4.69) is 15.6 Å². The van der Waals surface area contributed by atoms with Gasteiger partial charge in [-0.2, -0.15) is 0 Å². The van der Waals surface area contributed by atoms with Crippen LogP contribution in [0.3, 0.4) is 0 Å². The molecule has 2 rings (SSSR count). The van der Waals surface area contributed by atoms with Crippen molar-refractivity contribution in [1.29, 1.82) is 0 Å². The lowest BCUT2D eigenvalue weighted by Gasteiger charge is -2.12. The van der Waals surface area contributed by atoms with Crippen LogP contribution >= 0.6 is 24.0 Å². The molecule has 0 aromatic carbocycles. The van der Waals surface area contributed by atoms with Gasteiger partial charge < -0.3 is 10.6 Å². The number of guanidine groups is 1. The van der Waals surface area contributed by atoms with Gasteiger partial charge in [-0.1, -0.05) is 0 Å². The standard InChI is InChI=1S/C12H23N3O2S.HI/c1-2-13-12(14-7-10-3-4-10)15-8-11-5-6-18(16,17)9-11;/h10-11H,2-9H2,1H3,(H2,13,14,15);1H. The highest BCUT2D eigenvalue weighted by molar-refractivity contribution is 14.0. The minimum absolute atomic E-state index is 0. The largest absolute Gasteiger partial charge is 0.357 e. The normalized spacial score (nSPS) is 25.7. The van der Waals surface area contributed by atoms with Crippen LogP contribution in [0.25, 0.3) is 0 Å². The van der Waals surface area contributed by atoms with Crippen molar-refractivity contribution < 1.29 is 8.42 Å². The fourth-order valence-corrected chi connectivity index (χ4v) is 3.99. The molecule has 112 valence electrons. The van der Waals surface area contributed by atoms with Crippen LogP contribution in [-0.2, 0) is 9.84 Å². The van der Waals surface area contributed by atoms with Gasteiger partial charge in [0.1, 0.15) is 0 Å². The van der Waals surface area contributed by atoms with Crippen LogP contribution in [0, 0.1) is 11.8 Å². The van der Waals surface area contributed by atoms with Crippen LogP contribution < -0.4 is 10.6 Å². The lowest BCUT2D eigenvalue weighted by molar-refractivity contribution is 0.589. The van der Waals surface area contributed by atoms with Gasteiger partial charge in [0, 0.05) is 19.6 Å². The van der Waals surface area contributed by atoms with E-state index in [1.165, 1.54) is 12.8 Å². The van der Waals surface area contributed by atoms with Crippen LogP contribution in [0.1, 0.15) is 26.2 Å². The maximum atomic E-state index is 11.4. The zero-order chi connectivity index (χ0) is 13.0. The summed E-state index contributed by atoms with van der Waals surface area (Å²) in [5, 5.41) is 6.52. The third-order valence-corrected chi connectivity index (χ3v) is 5.27. The lowest BCUT2D eigenvalue weighted by Crippen LogP contribution is -2.38. The highest BCUT2D eigenvalue weighted by Crippen LogP contribution is 2.27. The van der Waals surface area contributed by atoms with Gasteiger partial charge in [0.05, 0.1) is 11.5 Å². The Labute approximate surface area is 133 Å². The van der Waals surface area contributed by atoms with E-state index in [9.17, 15) is 8.42 Å². The molecule has 0 aromatic heterocycles. The van der Waals surface area contributed by atoms with Gasteiger partial charge in [-0.05, 0) is 38.0 Å². The van der Waals surface area contributed by atoms with Crippen molar-refractivity contribution in [2.75, 3.05) is 31.1 Å². The third-order valence-electron chi connectivity index (χ3n) is 3.43. The smallest absolute Gasteiger partial charge is 0.191 e. The fraction of sp³-hybridized carbons (Fsp3) is 0.917. The van der Waals surface area contributed by atoms with Gasteiger partial charge in [0.2, 0.25) is 0 Å². The molecule has 7 heteroatoms. The van der Waals surface area contributed by atoms with Gasteiger partial charge in [0.15, 0.2) is 15.8 Å². The number of hydrogen-bond donors (Lipinski definition) is 2. The number of halogens is 1. The summed E-state index contributed by atoms with van der Waals surface area (Å²) >= 11 is 0. The molecule has 19 heavy (non-hydrogen) atoms. The second-order valence-electron chi connectivity index (χ2n) is 5.31. The molecule has 2 aliphatic rings. The quantitative estimate of drug-likeness (QED) is 0.410. The number of sulfone groups is 1. The van der Waals surface area contributed by atoms with Gasteiger partial charge in [-0.25, -0.2) is 8.42 Å². The van der Waals surface area contributed by atoms with Crippen LogP contribution in [0.15, 0.2) is 4.99 Å². The highest BCUT2D eigenvalue weighted by atomic mass is 127. The van der Waals surface area contributed by atoms with E-state index < -0.39 is 9.84 Å². The maximum absolute atomic E-state index is 11.4. The Morgan fingerprint density at radius 2 is 1.95 bits per heavy atom. The van der Waals surface area contributed by atoms with Crippen LogP contribution in [0.4, 0.5) is 0 Å². The average molecular weight is 401 g/mol. The SMILES string of the molecule is CCNC(=NCC1CCS(=O)(=O)C1)NCC1CC1.I. The summed E-state index contributed by atoms with van der Waals surface area (Å²) in [6.07, 6.45) is 3.38. The van der Waals surface area contributed by atoms with E-state index in [0.717, 1.165) is 31.4 Å². The first-order chi connectivity index (χ1) is 8.59. The van der Waals surface area contributed by atoms with E-state index in [1.54, 1.807) is 0 Å². The summed E-state index contributed by atoms with van der Waals surface area (Å²) in [6, 6.07) is 0.